The lowest BCUT2D eigenvalue weighted by Gasteiger charge is -2.10. The van der Waals surface area contributed by atoms with Crippen molar-refractivity contribution in [1.82, 2.24) is 19.9 Å². The second-order valence-corrected chi connectivity index (χ2v) is 7.54. The van der Waals surface area contributed by atoms with Crippen molar-refractivity contribution in [2.45, 2.75) is 64.8 Å². The van der Waals surface area contributed by atoms with E-state index in [0.29, 0.717) is 12.1 Å². The van der Waals surface area contributed by atoms with Crippen LogP contribution in [0.25, 0.3) is 11.0 Å². The highest BCUT2D eigenvalue weighted by atomic mass is 16.1. The van der Waals surface area contributed by atoms with E-state index in [2.05, 4.69) is 40.0 Å². The van der Waals surface area contributed by atoms with E-state index >= 15 is 0 Å². The Morgan fingerprint density at radius 2 is 1.83 bits per heavy atom. The van der Waals surface area contributed by atoms with Crippen LogP contribution in [-0.2, 0) is 13.0 Å². The van der Waals surface area contributed by atoms with E-state index in [4.69, 9.17) is 4.98 Å². The van der Waals surface area contributed by atoms with Crippen molar-refractivity contribution in [3.8, 4) is 0 Å². The number of hydrogen-bond donors (Lipinski definition) is 1. The van der Waals surface area contributed by atoms with Gasteiger partial charge in [0.15, 0.2) is 0 Å². The van der Waals surface area contributed by atoms with Gasteiger partial charge in [-0.15, -0.1) is 0 Å². The van der Waals surface area contributed by atoms with Crippen molar-refractivity contribution in [2.24, 2.45) is 0 Å². The van der Waals surface area contributed by atoms with E-state index in [-0.39, 0.29) is 5.91 Å². The zero-order chi connectivity index (χ0) is 20.3. The number of amides is 1. The lowest BCUT2D eigenvalue weighted by molar-refractivity contribution is 0.0952. The number of nitrogens with one attached hydrogen (secondary N) is 1. The first-order valence-electron chi connectivity index (χ1n) is 10.9. The van der Waals surface area contributed by atoms with Crippen molar-refractivity contribution in [2.75, 3.05) is 6.54 Å². The molecule has 0 fully saturated rings. The number of aryl methyl sites for hydroxylation is 2. The summed E-state index contributed by atoms with van der Waals surface area (Å²) in [6.07, 6.45) is 12.7. The number of carbonyl (C=O) groups is 1. The minimum Gasteiger partial charge on any atom is -0.352 e. The average molecular weight is 393 g/mol. The average Bonchev–Trinajstić information content (AvgIpc) is 3.11. The molecule has 0 radical (unpaired) electrons. The van der Waals surface area contributed by atoms with E-state index in [1.54, 1.807) is 24.5 Å². The van der Waals surface area contributed by atoms with Crippen LogP contribution in [0, 0.1) is 0 Å². The highest BCUT2D eigenvalue weighted by Gasteiger charge is 2.10. The van der Waals surface area contributed by atoms with Crippen molar-refractivity contribution in [1.29, 1.82) is 0 Å². The summed E-state index contributed by atoms with van der Waals surface area (Å²) in [7, 11) is 0. The van der Waals surface area contributed by atoms with Crippen LogP contribution in [0.3, 0.4) is 0 Å². The van der Waals surface area contributed by atoms with Crippen molar-refractivity contribution >= 4 is 16.9 Å². The summed E-state index contributed by atoms with van der Waals surface area (Å²) in [5.41, 5.74) is 2.88. The van der Waals surface area contributed by atoms with Gasteiger partial charge in [-0.05, 0) is 37.1 Å². The highest BCUT2D eigenvalue weighted by Crippen LogP contribution is 2.18. The first-order valence-corrected chi connectivity index (χ1v) is 10.9. The maximum absolute atomic E-state index is 12.1. The summed E-state index contributed by atoms with van der Waals surface area (Å²) in [5.74, 6) is 1.05. The predicted octanol–water partition coefficient (Wildman–Crippen LogP) is 5.15. The topological polar surface area (TPSA) is 59.8 Å². The van der Waals surface area contributed by atoms with Gasteiger partial charge in [-0.3, -0.25) is 9.78 Å². The van der Waals surface area contributed by atoms with Crippen molar-refractivity contribution < 1.29 is 4.79 Å². The normalized spacial score (nSPS) is 11.1. The Morgan fingerprint density at radius 3 is 2.66 bits per heavy atom. The van der Waals surface area contributed by atoms with Crippen LogP contribution in [-0.4, -0.2) is 27.0 Å². The van der Waals surface area contributed by atoms with Crippen LogP contribution in [0.1, 0.15) is 68.1 Å². The molecule has 0 aliphatic heterocycles. The number of fused-ring (bicyclic) bond motifs is 1. The molecule has 0 atom stereocenters. The van der Waals surface area contributed by atoms with Crippen LogP contribution in [0.4, 0.5) is 0 Å². The smallest absolute Gasteiger partial charge is 0.252 e. The zero-order valence-corrected chi connectivity index (χ0v) is 17.4. The van der Waals surface area contributed by atoms with E-state index in [0.717, 1.165) is 30.7 Å². The Bertz CT molecular complexity index is 888. The monoisotopic (exact) mass is 392 g/mol. The van der Waals surface area contributed by atoms with Gasteiger partial charge in [0.25, 0.3) is 5.91 Å². The lowest BCUT2D eigenvalue weighted by Crippen LogP contribution is -2.25. The molecule has 5 heteroatoms. The fraction of sp³-hybridized carbons (Fsp3) is 0.458. The maximum Gasteiger partial charge on any atom is 0.252 e. The first-order chi connectivity index (χ1) is 14.3. The fourth-order valence-electron chi connectivity index (χ4n) is 3.66. The number of imidazole rings is 1. The van der Waals surface area contributed by atoms with Gasteiger partial charge in [-0.1, -0.05) is 51.2 Å². The summed E-state index contributed by atoms with van der Waals surface area (Å²) >= 11 is 0. The van der Waals surface area contributed by atoms with Crippen LogP contribution in [0.15, 0.2) is 48.8 Å². The zero-order valence-electron chi connectivity index (χ0n) is 17.4. The predicted molar refractivity (Wildman–Crippen MR) is 118 cm³/mol. The molecule has 0 aliphatic rings. The molecule has 3 rings (SSSR count). The molecule has 29 heavy (non-hydrogen) atoms. The third-order valence-corrected chi connectivity index (χ3v) is 5.26. The van der Waals surface area contributed by atoms with Crippen molar-refractivity contribution in [3.63, 3.8) is 0 Å². The minimum absolute atomic E-state index is 0.0707. The number of aromatic nitrogens is 3. The number of hydrogen-bond acceptors (Lipinski definition) is 3. The Morgan fingerprint density at radius 1 is 1.00 bits per heavy atom. The molecule has 1 amide bonds. The molecule has 0 spiro atoms. The van der Waals surface area contributed by atoms with Gasteiger partial charge in [-0.2, -0.15) is 0 Å². The Hall–Kier alpha value is -2.69. The summed E-state index contributed by atoms with van der Waals surface area (Å²) in [5, 5.41) is 2.98. The number of pyridine rings is 1. The van der Waals surface area contributed by atoms with E-state index in [1.165, 1.54) is 44.0 Å². The van der Waals surface area contributed by atoms with E-state index in [9.17, 15) is 4.79 Å². The molecule has 154 valence electrons. The lowest BCUT2D eigenvalue weighted by atomic mass is 10.1. The molecule has 1 aromatic carbocycles. The molecule has 2 aromatic heterocycles. The summed E-state index contributed by atoms with van der Waals surface area (Å²) in [6, 6.07) is 11.9. The number of para-hydroxylation sites is 2. The molecule has 0 aliphatic carbocycles. The van der Waals surface area contributed by atoms with Gasteiger partial charge in [-0.25, -0.2) is 4.98 Å². The maximum atomic E-state index is 12.1. The molecule has 0 unspecified atom stereocenters. The standard InChI is InChI=1S/C24H32N4O/c1-2-3-4-5-6-9-18-28-22-14-8-7-13-21(22)27-23(28)15-11-17-26-24(29)20-12-10-16-25-19-20/h7-8,10,12-14,16,19H,2-6,9,11,15,17-18H2,1H3,(H,26,29). The molecular formula is C24H32N4O. The number of benzene rings is 1. The van der Waals surface area contributed by atoms with Crippen LogP contribution in [0.2, 0.25) is 0 Å². The summed E-state index contributed by atoms with van der Waals surface area (Å²) < 4.78 is 2.37. The second-order valence-electron chi connectivity index (χ2n) is 7.54. The van der Waals surface area contributed by atoms with Gasteiger partial charge < -0.3 is 9.88 Å². The molecule has 2 heterocycles. The quantitative estimate of drug-likeness (QED) is 0.433. The van der Waals surface area contributed by atoms with Crippen LogP contribution >= 0.6 is 0 Å². The fourth-order valence-corrected chi connectivity index (χ4v) is 3.66. The molecular weight excluding hydrogens is 360 g/mol. The Labute approximate surface area is 173 Å². The first kappa shape index (κ1) is 21.0. The van der Waals surface area contributed by atoms with Crippen molar-refractivity contribution in [3.05, 3.63) is 60.2 Å². The number of nitrogens with zero attached hydrogens (tertiary/aromatic N) is 3. The molecule has 5 nitrogen and oxygen atoms in total. The van der Waals surface area contributed by atoms with Gasteiger partial charge in [0.1, 0.15) is 5.82 Å². The number of unbranched alkanes of at least 4 members (excludes halogenated alkanes) is 5. The van der Waals surface area contributed by atoms with Gasteiger partial charge >= 0.3 is 0 Å². The highest BCUT2D eigenvalue weighted by molar-refractivity contribution is 5.93. The largest absolute Gasteiger partial charge is 0.352 e. The molecule has 0 bridgehead atoms. The molecule has 0 saturated heterocycles. The summed E-state index contributed by atoms with van der Waals surface area (Å²) in [6.45, 7) is 3.90. The van der Waals surface area contributed by atoms with Gasteiger partial charge in [0, 0.05) is 31.9 Å². The number of carbonyl (C=O) groups excluding carboxylic acids is 1. The molecule has 3 aromatic rings. The van der Waals surface area contributed by atoms with E-state index < -0.39 is 0 Å². The van der Waals surface area contributed by atoms with E-state index in [1.807, 2.05) is 6.07 Å². The third-order valence-electron chi connectivity index (χ3n) is 5.26. The SMILES string of the molecule is CCCCCCCCn1c(CCCNC(=O)c2cccnc2)nc2ccccc21. The second kappa shape index (κ2) is 11.3. The van der Waals surface area contributed by atoms with Crippen LogP contribution < -0.4 is 5.32 Å². The Balaban J connectivity index is 1.53. The molecule has 0 saturated carbocycles. The Kier molecular flexibility index (Phi) is 8.23. The van der Waals surface area contributed by atoms with Gasteiger partial charge in [0.05, 0.1) is 16.6 Å². The van der Waals surface area contributed by atoms with Crippen LogP contribution in [0.5, 0.6) is 0 Å². The van der Waals surface area contributed by atoms with Gasteiger partial charge in [0.2, 0.25) is 0 Å². The minimum atomic E-state index is -0.0707. The number of rotatable bonds is 12. The summed E-state index contributed by atoms with van der Waals surface area (Å²) in [4.78, 5) is 21.0. The molecule has 1 N–H and O–H groups in total. The third kappa shape index (κ3) is 6.14.